The van der Waals surface area contributed by atoms with E-state index in [-0.39, 0.29) is 0 Å². The van der Waals surface area contributed by atoms with Gasteiger partial charge in [-0.1, -0.05) is 19.9 Å². The lowest BCUT2D eigenvalue weighted by Crippen LogP contribution is -2.46. The van der Waals surface area contributed by atoms with Gasteiger partial charge in [-0.05, 0) is 105 Å². The molecule has 27 heavy (non-hydrogen) atoms. The average Bonchev–Trinajstić information content (AvgIpc) is 2.98. The summed E-state index contributed by atoms with van der Waals surface area (Å²) in [5.74, 6) is 5.33. The first-order valence-electron chi connectivity index (χ1n) is 10.9. The third kappa shape index (κ3) is 3.06. The second-order valence-electron chi connectivity index (χ2n) is 10.1. The first-order valence-corrected chi connectivity index (χ1v) is 14.3. The fraction of sp³-hybridized carbons (Fsp3) is 0.667. The highest BCUT2D eigenvalue weighted by atomic mass is 28.4. The molecule has 148 valence electrons. The maximum Gasteiger partial charge on any atom is 0.241 e. The minimum absolute atomic E-state index is 0.291. The van der Waals surface area contributed by atoms with Crippen LogP contribution in [0.25, 0.3) is 0 Å². The molecule has 0 unspecified atom stereocenters. The molecule has 2 nitrogen and oxygen atoms in total. The van der Waals surface area contributed by atoms with Crippen molar-refractivity contribution in [2.45, 2.75) is 71.5 Å². The molecule has 0 bridgehead atoms. The molecule has 1 saturated carbocycles. The molecule has 3 aliphatic rings. The highest BCUT2D eigenvalue weighted by Gasteiger charge is 2.56. The molecule has 1 aromatic rings. The van der Waals surface area contributed by atoms with Crippen molar-refractivity contribution in [1.29, 1.82) is 0 Å². The van der Waals surface area contributed by atoms with E-state index in [4.69, 9.17) is 9.16 Å². The number of rotatable bonds is 4. The van der Waals surface area contributed by atoms with Crippen LogP contribution in [-0.2, 0) is 10.8 Å². The van der Waals surface area contributed by atoms with Crippen LogP contribution in [0.5, 0.6) is 5.75 Å². The van der Waals surface area contributed by atoms with Gasteiger partial charge in [0.2, 0.25) is 8.32 Å². The predicted octanol–water partition coefficient (Wildman–Crippen LogP) is 6.53. The van der Waals surface area contributed by atoms with Gasteiger partial charge in [0.15, 0.2) is 0 Å². The molecule has 0 spiro atoms. The molecular weight excluding hydrogens is 348 g/mol. The number of fused-ring (bicyclic) bond motifs is 5. The van der Waals surface area contributed by atoms with Gasteiger partial charge < -0.3 is 9.16 Å². The molecule has 1 aromatic carbocycles. The highest BCUT2D eigenvalue weighted by molar-refractivity contribution is 6.70. The van der Waals surface area contributed by atoms with Gasteiger partial charge in [0.05, 0.1) is 12.9 Å². The van der Waals surface area contributed by atoms with E-state index in [0.29, 0.717) is 11.3 Å². The molecule has 0 aliphatic heterocycles. The van der Waals surface area contributed by atoms with E-state index in [1.54, 1.807) is 12.7 Å². The van der Waals surface area contributed by atoms with Crippen molar-refractivity contribution in [3.05, 3.63) is 41.2 Å². The standard InChI is InChI=1S/C24H36O2Si/c1-7-24-13-12-20-19-9-8-18(25-3)15-17(19)14-16(2)23(20)21(24)10-11-22(24)26-27(4,5)6/h8-9,11,15-16,20-21,23H,7,10,12-14H2,1-6H3/t16-,20-,21+,23-,24+/m1/s1. The summed E-state index contributed by atoms with van der Waals surface area (Å²) in [7, 11) is 0.202. The SMILES string of the molecule is CC[C@]12CC[C@@H]3c4ccc(OC)cc4C[C@@H](C)[C@H]3[C@@H]1CC=C2O[Si](C)(C)C. The van der Waals surface area contributed by atoms with Gasteiger partial charge in [0.25, 0.3) is 0 Å². The zero-order chi connectivity index (χ0) is 19.4. The molecule has 0 N–H and O–H groups in total. The summed E-state index contributed by atoms with van der Waals surface area (Å²) in [6.07, 6.45) is 8.68. The lowest BCUT2D eigenvalue weighted by Gasteiger charge is -2.53. The minimum atomic E-state index is -1.57. The number of ether oxygens (including phenoxy) is 1. The number of methoxy groups -OCH3 is 1. The first-order chi connectivity index (χ1) is 12.8. The zero-order valence-electron chi connectivity index (χ0n) is 18.0. The highest BCUT2D eigenvalue weighted by Crippen LogP contribution is 2.64. The van der Waals surface area contributed by atoms with Crippen LogP contribution in [0.1, 0.15) is 56.6 Å². The summed E-state index contributed by atoms with van der Waals surface area (Å²) < 4.78 is 12.2. The van der Waals surface area contributed by atoms with Crippen molar-refractivity contribution in [3.8, 4) is 5.75 Å². The smallest absolute Gasteiger partial charge is 0.241 e. The minimum Gasteiger partial charge on any atom is -0.547 e. The lowest BCUT2D eigenvalue weighted by atomic mass is 9.51. The number of allylic oxidation sites excluding steroid dienone is 2. The van der Waals surface area contributed by atoms with Crippen LogP contribution >= 0.6 is 0 Å². The Balaban J connectivity index is 1.68. The van der Waals surface area contributed by atoms with Gasteiger partial charge in [-0.3, -0.25) is 0 Å². The van der Waals surface area contributed by atoms with Crippen LogP contribution in [0.3, 0.4) is 0 Å². The maximum atomic E-state index is 6.66. The van der Waals surface area contributed by atoms with E-state index >= 15 is 0 Å². The summed E-state index contributed by atoms with van der Waals surface area (Å²) >= 11 is 0. The Morgan fingerprint density at radius 1 is 1.22 bits per heavy atom. The van der Waals surface area contributed by atoms with Crippen LogP contribution in [0.15, 0.2) is 30.0 Å². The molecule has 3 aliphatic carbocycles. The molecular formula is C24H36O2Si. The van der Waals surface area contributed by atoms with Gasteiger partial charge in [-0.25, -0.2) is 0 Å². The average molecular weight is 385 g/mol. The van der Waals surface area contributed by atoms with Crippen LogP contribution in [0.4, 0.5) is 0 Å². The zero-order valence-corrected chi connectivity index (χ0v) is 19.0. The van der Waals surface area contributed by atoms with Crippen LogP contribution in [0, 0.1) is 23.2 Å². The third-order valence-electron chi connectivity index (χ3n) is 7.58. The molecule has 3 heteroatoms. The summed E-state index contributed by atoms with van der Waals surface area (Å²) in [5, 5.41) is 0. The summed E-state index contributed by atoms with van der Waals surface area (Å²) in [6, 6.07) is 6.81. The monoisotopic (exact) mass is 384 g/mol. The second-order valence-corrected chi connectivity index (χ2v) is 14.5. The maximum absolute atomic E-state index is 6.66. The lowest BCUT2D eigenvalue weighted by molar-refractivity contribution is 0.00984. The topological polar surface area (TPSA) is 18.5 Å². The summed E-state index contributed by atoms with van der Waals surface area (Å²) in [6.45, 7) is 11.9. The fourth-order valence-corrected chi connectivity index (χ4v) is 7.48. The predicted molar refractivity (Wildman–Crippen MR) is 115 cm³/mol. The van der Waals surface area contributed by atoms with E-state index in [2.05, 4.69) is 57.8 Å². The summed E-state index contributed by atoms with van der Waals surface area (Å²) in [5.41, 5.74) is 3.42. The molecule has 5 atom stereocenters. The normalized spacial score (nSPS) is 35.0. The molecule has 0 heterocycles. The first kappa shape index (κ1) is 19.1. The van der Waals surface area contributed by atoms with Crippen molar-refractivity contribution in [1.82, 2.24) is 0 Å². The Hall–Kier alpha value is -1.22. The van der Waals surface area contributed by atoms with Crippen molar-refractivity contribution in [2.24, 2.45) is 23.2 Å². The molecule has 4 rings (SSSR count). The van der Waals surface area contributed by atoms with Crippen LogP contribution in [0.2, 0.25) is 19.6 Å². The van der Waals surface area contributed by atoms with E-state index in [1.807, 2.05) is 0 Å². The van der Waals surface area contributed by atoms with E-state index in [0.717, 1.165) is 23.5 Å². The molecule has 0 saturated heterocycles. The van der Waals surface area contributed by atoms with Crippen molar-refractivity contribution >= 4 is 8.32 Å². The van der Waals surface area contributed by atoms with Crippen molar-refractivity contribution < 1.29 is 9.16 Å². The van der Waals surface area contributed by atoms with E-state index < -0.39 is 8.32 Å². The molecule has 0 amide bonds. The van der Waals surface area contributed by atoms with Gasteiger partial charge in [-0.2, -0.15) is 0 Å². The van der Waals surface area contributed by atoms with E-state index in [1.165, 1.54) is 43.4 Å². The number of hydrogen-bond acceptors (Lipinski definition) is 2. The summed E-state index contributed by atoms with van der Waals surface area (Å²) in [4.78, 5) is 0. The number of hydrogen-bond donors (Lipinski definition) is 0. The number of benzene rings is 1. The van der Waals surface area contributed by atoms with Crippen LogP contribution in [-0.4, -0.2) is 15.4 Å². The Bertz CT molecular complexity index is 747. The van der Waals surface area contributed by atoms with Gasteiger partial charge in [-0.15, -0.1) is 0 Å². The van der Waals surface area contributed by atoms with E-state index in [9.17, 15) is 0 Å². The van der Waals surface area contributed by atoms with Crippen LogP contribution < -0.4 is 4.74 Å². The third-order valence-corrected chi connectivity index (χ3v) is 8.42. The van der Waals surface area contributed by atoms with Gasteiger partial charge in [0, 0.05) is 5.41 Å². The van der Waals surface area contributed by atoms with Gasteiger partial charge >= 0.3 is 0 Å². The largest absolute Gasteiger partial charge is 0.547 e. The quantitative estimate of drug-likeness (QED) is 0.549. The molecule has 0 aromatic heterocycles. The Morgan fingerprint density at radius 3 is 2.67 bits per heavy atom. The Kier molecular flexibility index (Phi) is 4.73. The van der Waals surface area contributed by atoms with Crippen molar-refractivity contribution in [2.75, 3.05) is 7.11 Å². The second kappa shape index (κ2) is 6.68. The van der Waals surface area contributed by atoms with Gasteiger partial charge in [0.1, 0.15) is 5.75 Å². The fourth-order valence-electron chi connectivity index (χ4n) is 6.54. The Morgan fingerprint density at radius 2 is 2.00 bits per heavy atom. The molecule has 0 radical (unpaired) electrons. The molecule has 1 fully saturated rings. The Labute approximate surface area is 166 Å². The van der Waals surface area contributed by atoms with Crippen molar-refractivity contribution in [3.63, 3.8) is 0 Å².